The lowest BCUT2D eigenvalue weighted by atomic mass is 10.2. The molecule has 0 aliphatic carbocycles. The Hall–Kier alpha value is -0.690. The highest BCUT2D eigenvalue weighted by atomic mass is 16.5. The van der Waals surface area contributed by atoms with E-state index in [0.29, 0.717) is 6.10 Å². The Kier molecular flexibility index (Phi) is 9.12. The standard InChI is InChI=1S/C7H16N2O.C3H6O3/c8-3-1-2-7-6-9-4-5-10-7;1-2(4)3(5)6/h7,9H,1-6,8H2;2,4H,1H3,(H,5,6). The molecule has 96 valence electrons. The third-order valence-electron chi connectivity index (χ3n) is 2.09. The lowest BCUT2D eigenvalue weighted by molar-refractivity contribution is -0.145. The van der Waals surface area contributed by atoms with Gasteiger partial charge in [0.1, 0.15) is 6.10 Å². The van der Waals surface area contributed by atoms with E-state index < -0.39 is 12.1 Å². The molecule has 6 heteroatoms. The molecule has 0 radical (unpaired) electrons. The van der Waals surface area contributed by atoms with Crippen LogP contribution in [0.25, 0.3) is 0 Å². The molecule has 0 bridgehead atoms. The third-order valence-corrected chi connectivity index (χ3v) is 2.09. The molecule has 5 N–H and O–H groups in total. The second-order valence-corrected chi connectivity index (χ2v) is 3.64. The summed E-state index contributed by atoms with van der Waals surface area (Å²) in [6.07, 6.45) is 1.36. The topological polar surface area (TPSA) is 105 Å². The summed E-state index contributed by atoms with van der Waals surface area (Å²) in [6, 6.07) is 0. The zero-order valence-electron chi connectivity index (χ0n) is 9.69. The minimum atomic E-state index is -1.23. The molecule has 2 atom stereocenters. The van der Waals surface area contributed by atoms with E-state index in [0.717, 1.165) is 39.1 Å². The number of aliphatic hydroxyl groups excluding tert-OH is 1. The maximum absolute atomic E-state index is 9.45. The number of carboxylic acid groups (broad SMARTS) is 1. The van der Waals surface area contributed by atoms with Gasteiger partial charge in [0, 0.05) is 13.1 Å². The third kappa shape index (κ3) is 8.60. The van der Waals surface area contributed by atoms with Gasteiger partial charge in [-0.1, -0.05) is 0 Å². The van der Waals surface area contributed by atoms with Gasteiger partial charge in [0.05, 0.1) is 12.7 Å². The molecule has 1 aliphatic rings. The number of rotatable bonds is 4. The summed E-state index contributed by atoms with van der Waals surface area (Å²) in [4.78, 5) is 9.45. The number of carbonyl (C=O) groups is 1. The van der Waals surface area contributed by atoms with Crippen molar-refractivity contribution >= 4 is 5.97 Å². The molecule has 1 aliphatic heterocycles. The average molecular weight is 234 g/mol. The first-order valence-electron chi connectivity index (χ1n) is 5.51. The second kappa shape index (κ2) is 9.53. The first kappa shape index (κ1) is 15.3. The summed E-state index contributed by atoms with van der Waals surface area (Å²) < 4.78 is 5.46. The van der Waals surface area contributed by atoms with Gasteiger partial charge in [-0.2, -0.15) is 0 Å². The van der Waals surface area contributed by atoms with Gasteiger partial charge >= 0.3 is 5.97 Å². The fourth-order valence-electron chi connectivity index (χ4n) is 1.15. The lowest BCUT2D eigenvalue weighted by Gasteiger charge is -2.23. The zero-order valence-corrected chi connectivity index (χ0v) is 9.69. The summed E-state index contributed by atoms with van der Waals surface area (Å²) in [7, 11) is 0. The van der Waals surface area contributed by atoms with Crippen LogP contribution in [0, 0.1) is 0 Å². The van der Waals surface area contributed by atoms with Crippen molar-refractivity contribution in [3.63, 3.8) is 0 Å². The number of nitrogens with one attached hydrogen (secondary N) is 1. The number of ether oxygens (including phenoxy) is 1. The smallest absolute Gasteiger partial charge is 0.332 e. The van der Waals surface area contributed by atoms with Crippen LogP contribution >= 0.6 is 0 Å². The van der Waals surface area contributed by atoms with Crippen LogP contribution in [0.4, 0.5) is 0 Å². The predicted molar refractivity (Wildman–Crippen MR) is 60.2 cm³/mol. The van der Waals surface area contributed by atoms with E-state index in [2.05, 4.69) is 5.32 Å². The van der Waals surface area contributed by atoms with Gasteiger partial charge in [0.25, 0.3) is 0 Å². The van der Waals surface area contributed by atoms with Crippen molar-refractivity contribution in [2.45, 2.75) is 32.0 Å². The molecule has 16 heavy (non-hydrogen) atoms. The molecule has 0 saturated carbocycles. The fourth-order valence-corrected chi connectivity index (χ4v) is 1.15. The van der Waals surface area contributed by atoms with E-state index in [4.69, 9.17) is 20.7 Å². The highest BCUT2D eigenvalue weighted by Gasteiger charge is 2.11. The van der Waals surface area contributed by atoms with E-state index in [1.54, 1.807) is 0 Å². The van der Waals surface area contributed by atoms with Crippen LogP contribution in [0.1, 0.15) is 19.8 Å². The van der Waals surface area contributed by atoms with Crippen molar-refractivity contribution in [2.75, 3.05) is 26.2 Å². The van der Waals surface area contributed by atoms with Gasteiger partial charge in [-0.3, -0.25) is 0 Å². The van der Waals surface area contributed by atoms with Crippen LogP contribution in [-0.4, -0.2) is 54.6 Å². The molecule has 0 aromatic carbocycles. The second-order valence-electron chi connectivity index (χ2n) is 3.64. The molecule has 0 aromatic rings. The quantitative estimate of drug-likeness (QED) is 0.506. The maximum atomic E-state index is 9.45. The first-order chi connectivity index (χ1) is 7.57. The average Bonchev–Trinajstić information content (AvgIpc) is 2.28. The van der Waals surface area contributed by atoms with Gasteiger partial charge in [0.2, 0.25) is 0 Å². The molecule has 1 heterocycles. The molecule has 1 rings (SSSR count). The Morgan fingerprint density at radius 2 is 2.31 bits per heavy atom. The van der Waals surface area contributed by atoms with Gasteiger partial charge in [-0.25, -0.2) is 4.79 Å². The van der Waals surface area contributed by atoms with Crippen molar-refractivity contribution in [1.82, 2.24) is 5.32 Å². The number of nitrogens with two attached hydrogens (primary N) is 1. The van der Waals surface area contributed by atoms with Crippen LogP contribution in [0.3, 0.4) is 0 Å². The normalized spacial score (nSPS) is 21.8. The van der Waals surface area contributed by atoms with Crippen LogP contribution < -0.4 is 11.1 Å². The Balaban J connectivity index is 0.000000325. The predicted octanol–water partition coefficient (Wildman–Crippen LogP) is -0.834. The van der Waals surface area contributed by atoms with Gasteiger partial charge in [0.15, 0.2) is 0 Å². The van der Waals surface area contributed by atoms with Crippen LogP contribution in [-0.2, 0) is 9.53 Å². The molecular weight excluding hydrogens is 212 g/mol. The maximum Gasteiger partial charge on any atom is 0.332 e. The van der Waals surface area contributed by atoms with E-state index in [1.807, 2.05) is 0 Å². The highest BCUT2D eigenvalue weighted by molar-refractivity contribution is 5.71. The number of hydrogen-bond acceptors (Lipinski definition) is 5. The SMILES string of the molecule is CC(O)C(=O)O.NCCCC1CNCCO1. The van der Waals surface area contributed by atoms with Gasteiger partial charge < -0.3 is 26.0 Å². The highest BCUT2D eigenvalue weighted by Crippen LogP contribution is 2.02. The minimum Gasteiger partial charge on any atom is -0.479 e. The molecule has 6 nitrogen and oxygen atoms in total. The Morgan fingerprint density at radius 1 is 1.69 bits per heavy atom. The fraction of sp³-hybridized carbons (Fsp3) is 0.900. The van der Waals surface area contributed by atoms with Crippen LogP contribution in [0.2, 0.25) is 0 Å². The lowest BCUT2D eigenvalue weighted by Crippen LogP contribution is -2.38. The van der Waals surface area contributed by atoms with E-state index in [1.165, 1.54) is 6.92 Å². The summed E-state index contributed by atoms with van der Waals surface area (Å²) in [5.74, 6) is -1.19. The van der Waals surface area contributed by atoms with Gasteiger partial charge in [-0.15, -0.1) is 0 Å². The van der Waals surface area contributed by atoms with E-state index in [-0.39, 0.29) is 0 Å². The minimum absolute atomic E-state index is 0.414. The molecule has 1 saturated heterocycles. The number of aliphatic carboxylic acids is 1. The molecule has 0 spiro atoms. The Bertz CT molecular complexity index is 182. The number of aliphatic hydroxyl groups is 1. The zero-order chi connectivity index (χ0) is 12.4. The summed E-state index contributed by atoms with van der Waals surface area (Å²) in [6.45, 7) is 4.83. The van der Waals surface area contributed by atoms with Crippen LogP contribution in [0.5, 0.6) is 0 Å². The largest absolute Gasteiger partial charge is 0.479 e. The first-order valence-corrected chi connectivity index (χ1v) is 5.51. The molecule has 1 fully saturated rings. The van der Waals surface area contributed by atoms with Crippen LogP contribution in [0.15, 0.2) is 0 Å². The molecule has 2 unspecified atom stereocenters. The number of hydrogen-bond donors (Lipinski definition) is 4. The van der Waals surface area contributed by atoms with Crippen molar-refractivity contribution in [3.05, 3.63) is 0 Å². The van der Waals surface area contributed by atoms with Crippen molar-refractivity contribution in [1.29, 1.82) is 0 Å². The van der Waals surface area contributed by atoms with Crippen molar-refractivity contribution in [2.24, 2.45) is 5.73 Å². The summed E-state index contributed by atoms with van der Waals surface area (Å²) in [5, 5.41) is 19.0. The Labute approximate surface area is 95.8 Å². The molecule has 0 amide bonds. The van der Waals surface area contributed by atoms with E-state index >= 15 is 0 Å². The molecule has 0 aromatic heterocycles. The van der Waals surface area contributed by atoms with Gasteiger partial charge in [-0.05, 0) is 26.3 Å². The summed E-state index contributed by atoms with van der Waals surface area (Å²) >= 11 is 0. The number of morpholine rings is 1. The number of carboxylic acids is 1. The molecular formula is C10H22N2O4. The Morgan fingerprint density at radius 3 is 2.69 bits per heavy atom. The summed E-state index contributed by atoms with van der Waals surface area (Å²) in [5.41, 5.74) is 5.37. The van der Waals surface area contributed by atoms with Crippen molar-refractivity contribution in [3.8, 4) is 0 Å². The van der Waals surface area contributed by atoms with E-state index in [9.17, 15) is 4.79 Å². The monoisotopic (exact) mass is 234 g/mol. The van der Waals surface area contributed by atoms with Crippen molar-refractivity contribution < 1.29 is 19.7 Å².